The standard InChI is InChI=1S/C18H23N3O3/c1-13-16(14(2)20(3)19-13)11-17(22)21(12-18(23)24)10-9-15-7-5-4-6-8-15/h4-8H,9-12H2,1-3H3,(H,23,24). The Morgan fingerprint density at radius 3 is 2.42 bits per heavy atom. The number of rotatable bonds is 7. The number of hydrogen-bond acceptors (Lipinski definition) is 3. The maximum atomic E-state index is 12.6. The first kappa shape index (κ1) is 17.7. The van der Waals surface area contributed by atoms with Crippen molar-refractivity contribution in [3.8, 4) is 0 Å². The lowest BCUT2D eigenvalue weighted by Gasteiger charge is -2.21. The Balaban J connectivity index is 2.08. The molecule has 2 aromatic rings. The van der Waals surface area contributed by atoms with E-state index in [1.165, 1.54) is 4.90 Å². The van der Waals surface area contributed by atoms with Gasteiger partial charge in [-0.2, -0.15) is 5.10 Å². The molecule has 128 valence electrons. The van der Waals surface area contributed by atoms with Crippen molar-refractivity contribution >= 4 is 11.9 Å². The Morgan fingerprint density at radius 1 is 1.21 bits per heavy atom. The van der Waals surface area contributed by atoms with Gasteiger partial charge in [0.15, 0.2) is 0 Å². The summed E-state index contributed by atoms with van der Waals surface area (Å²) in [4.78, 5) is 25.1. The van der Waals surface area contributed by atoms with Gasteiger partial charge in [-0.25, -0.2) is 0 Å². The van der Waals surface area contributed by atoms with Crippen LogP contribution in [0, 0.1) is 13.8 Å². The van der Waals surface area contributed by atoms with Gasteiger partial charge in [0.2, 0.25) is 5.91 Å². The molecule has 6 heteroatoms. The molecule has 0 saturated heterocycles. The number of carbonyl (C=O) groups is 2. The van der Waals surface area contributed by atoms with Gasteiger partial charge < -0.3 is 10.0 Å². The SMILES string of the molecule is Cc1nn(C)c(C)c1CC(=O)N(CCc1ccccc1)CC(=O)O. The van der Waals surface area contributed by atoms with Crippen LogP contribution in [0.4, 0.5) is 0 Å². The smallest absolute Gasteiger partial charge is 0.323 e. The molecule has 1 aromatic heterocycles. The van der Waals surface area contributed by atoms with E-state index in [4.69, 9.17) is 5.11 Å². The number of benzene rings is 1. The molecule has 0 radical (unpaired) electrons. The quantitative estimate of drug-likeness (QED) is 0.839. The van der Waals surface area contributed by atoms with Gasteiger partial charge in [-0.05, 0) is 25.8 Å². The second kappa shape index (κ2) is 7.77. The van der Waals surface area contributed by atoms with Gasteiger partial charge in [-0.1, -0.05) is 30.3 Å². The first-order chi connectivity index (χ1) is 11.4. The number of aliphatic carboxylic acids is 1. The van der Waals surface area contributed by atoms with E-state index in [0.29, 0.717) is 13.0 Å². The zero-order valence-electron chi connectivity index (χ0n) is 14.3. The summed E-state index contributed by atoms with van der Waals surface area (Å²) >= 11 is 0. The van der Waals surface area contributed by atoms with Crippen molar-refractivity contribution in [1.29, 1.82) is 0 Å². The molecule has 0 aliphatic heterocycles. The molecule has 0 spiro atoms. The highest BCUT2D eigenvalue weighted by Gasteiger charge is 2.20. The van der Waals surface area contributed by atoms with Gasteiger partial charge in [-0.15, -0.1) is 0 Å². The minimum Gasteiger partial charge on any atom is -0.480 e. The monoisotopic (exact) mass is 329 g/mol. The van der Waals surface area contributed by atoms with E-state index >= 15 is 0 Å². The van der Waals surface area contributed by atoms with Crippen LogP contribution in [0.25, 0.3) is 0 Å². The number of hydrogen-bond donors (Lipinski definition) is 1. The second-order valence-electron chi connectivity index (χ2n) is 5.89. The van der Waals surface area contributed by atoms with Crippen molar-refractivity contribution in [2.75, 3.05) is 13.1 Å². The van der Waals surface area contributed by atoms with E-state index in [0.717, 1.165) is 22.5 Å². The largest absolute Gasteiger partial charge is 0.480 e. The summed E-state index contributed by atoms with van der Waals surface area (Å²) in [7, 11) is 1.83. The predicted molar refractivity (Wildman–Crippen MR) is 90.7 cm³/mol. The van der Waals surface area contributed by atoms with Gasteiger partial charge in [0.05, 0.1) is 12.1 Å². The van der Waals surface area contributed by atoms with Crippen LogP contribution >= 0.6 is 0 Å². The molecular weight excluding hydrogens is 306 g/mol. The van der Waals surface area contributed by atoms with Crippen molar-refractivity contribution in [2.24, 2.45) is 7.05 Å². The second-order valence-corrected chi connectivity index (χ2v) is 5.89. The first-order valence-corrected chi connectivity index (χ1v) is 7.91. The lowest BCUT2D eigenvalue weighted by Crippen LogP contribution is -2.38. The maximum absolute atomic E-state index is 12.6. The highest BCUT2D eigenvalue weighted by atomic mass is 16.4. The van der Waals surface area contributed by atoms with Crippen LogP contribution in [0.1, 0.15) is 22.5 Å². The van der Waals surface area contributed by atoms with E-state index in [1.54, 1.807) is 4.68 Å². The summed E-state index contributed by atoms with van der Waals surface area (Å²) in [6, 6.07) is 9.73. The Hall–Kier alpha value is -2.63. The van der Waals surface area contributed by atoms with Crippen molar-refractivity contribution in [1.82, 2.24) is 14.7 Å². The summed E-state index contributed by atoms with van der Waals surface area (Å²) < 4.78 is 1.74. The number of carboxylic acid groups (broad SMARTS) is 1. The fourth-order valence-corrected chi connectivity index (χ4v) is 2.70. The van der Waals surface area contributed by atoms with Crippen molar-refractivity contribution < 1.29 is 14.7 Å². The van der Waals surface area contributed by atoms with E-state index in [-0.39, 0.29) is 18.9 Å². The fourth-order valence-electron chi connectivity index (χ4n) is 2.70. The van der Waals surface area contributed by atoms with Gasteiger partial charge in [-0.3, -0.25) is 14.3 Å². The molecule has 1 N–H and O–H groups in total. The average Bonchev–Trinajstić information content (AvgIpc) is 2.78. The first-order valence-electron chi connectivity index (χ1n) is 7.91. The fraction of sp³-hybridized carbons (Fsp3) is 0.389. The van der Waals surface area contributed by atoms with Crippen molar-refractivity contribution in [3.63, 3.8) is 0 Å². The molecule has 0 unspecified atom stereocenters. The van der Waals surface area contributed by atoms with Crippen molar-refractivity contribution in [2.45, 2.75) is 26.7 Å². The number of nitrogens with zero attached hydrogens (tertiary/aromatic N) is 3. The molecule has 1 heterocycles. The Labute approximate surface area is 141 Å². The number of amides is 1. The Morgan fingerprint density at radius 2 is 1.88 bits per heavy atom. The summed E-state index contributed by atoms with van der Waals surface area (Å²) in [5, 5.41) is 13.4. The molecule has 24 heavy (non-hydrogen) atoms. The molecule has 0 atom stereocenters. The minimum absolute atomic E-state index is 0.174. The summed E-state index contributed by atoms with van der Waals surface area (Å²) in [6.07, 6.45) is 0.804. The summed E-state index contributed by atoms with van der Waals surface area (Å²) in [5.74, 6) is -1.19. The zero-order valence-corrected chi connectivity index (χ0v) is 14.3. The summed E-state index contributed by atoms with van der Waals surface area (Å²) in [5.41, 5.74) is 3.69. The third kappa shape index (κ3) is 4.44. The highest BCUT2D eigenvalue weighted by molar-refractivity contribution is 5.83. The zero-order chi connectivity index (χ0) is 17.7. The number of aromatic nitrogens is 2. The molecule has 0 saturated carbocycles. The van der Waals surface area contributed by atoms with Gasteiger partial charge in [0.25, 0.3) is 0 Å². The lowest BCUT2D eigenvalue weighted by atomic mass is 10.1. The molecular formula is C18H23N3O3. The molecule has 1 aromatic carbocycles. The van der Waals surface area contributed by atoms with Crippen LogP contribution in [0.5, 0.6) is 0 Å². The number of aryl methyl sites for hydroxylation is 2. The number of carboxylic acids is 1. The topological polar surface area (TPSA) is 75.4 Å². The Bertz CT molecular complexity index is 723. The molecule has 0 aliphatic rings. The molecule has 1 amide bonds. The summed E-state index contributed by atoms with van der Waals surface area (Å²) in [6.45, 7) is 3.87. The van der Waals surface area contributed by atoms with Crippen LogP contribution in [0.2, 0.25) is 0 Å². The Kier molecular flexibility index (Phi) is 5.73. The molecule has 2 rings (SSSR count). The van der Waals surface area contributed by atoms with Crippen molar-refractivity contribution in [3.05, 3.63) is 52.8 Å². The third-order valence-electron chi connectivity index (χ3n) is 4.18. The van der Waals surface area contributed by atoms with Gasteiger partial charge >= 0.3 is 5.97 Å². The van der Waals surface area contributed by atoms with Crippen LogP contribution < -0.4 is 0 Å². The van der Waals surface area contributed by atoms with E-state index in [1.807, 2.05) is 51.2 Å². The van der Waals surface area contributed by atoms with Gasteiger partial charge in [0, 0.05) is 24.8 Å². The van der Waals surface area contributed by atoms with E-state index < -0.39 is 5.97 Å². The lowest BCUT2D eigenvalue weighted by molar-refractivity contribution is -0.144. The molecule has 0 bridgehead atoms. The predicted octanol–water partition coefficient (Wildman–Crippen LogP) is 1.74. The van der Waals surface area contributed by atoms with Gasteiger partial charge in [0.1, 0.15) is 6.54 Å². The normalized spacial score (nSPS) is 10.6. The third-order valence-corrected chi connectivity index (χ3v) is 4.18. The van der Waals surface area contributed by atoms with E-state index in [9.17, 15) is 9.59 Å². The molecule has 6 nitrogen and oxygen atoms in total. The molecule has 0 aliphatic carbocycles. The molecule has 0 fully saturated rings. The number of carbonyl (C=O) groups excluding carboxylic acids is 1. The van der Waals surface area contributed by atoms with Crippen LogP contribution in [-0.2, 0) is 29.5 Å². The highest BCUT2D eigenvalue weighted by Crippen LogP contribution is 2.14. The van der Waals surface area contributed by atoms with E-state index in [2.05, 4.69) is 5.10 Å². The minimum atomic E-state index is -1.00. The van der Waals surface area contributed by atoms with Crippen LogP contribution in [0.3, 0.4) is 0 Å². The maximum Gasteiger partial charge on any atom is 0.323 e. The average molecular weight is 329 g/mol. The van der Waals surface area contributed by atoms with Crippen LogP contribution in [-0.4, -0.2) is 44.8 Å². The van der Waals surface area contributed by atoms with Crippen LogP contribution in [0.15, 0.2) is 30.3 Å².